The monoisotopic (exact) mass is 202 g/mol. The first kappa shape index (κ1) is 13.3. The van der Waals surface area contributed by atoms with Crippen LogP contribution in [0, 0.1) is 0 Å². The Morgan fingerprint density at radius 3 is 1.53 bits per heavy atom. The molecule has 0 spiro atoms. The van der Waals surface area contributed by atoms with Crippen LogP contribution in [0.2, 0.25) is 0 Å². The second-order valence-electron chi connectivity index (χ2n) is 2.63. The van der Waals surface area contributed by atoms with Gasteiger partial charge in [-0.25, -0.2) is 0 Å². The molecule has 0 aromatic heterocycles. The van der Waals surface area contributed by atoms with Crippen molar-refractivity contribution in [3.05, 3.63) is 48.6 Å². The predicted molar refractivity (Wildman–Crippen MR) is 69.8 cm³/mol. The first-order valence-electron chi connectivity index (χ1n) is 4.97. The topological polar surface area (TPSA) is 24.7 Å². The maximum atomic E-state index is 4.07. The summed E-state index contributed by atoms with van der Waals surface area (Å²) in [4.78, 5) is 8.13. The Bertz CT molecular complexity index is 262. The van der Waals surface area contributed by atoms with Gasteiger partial charge in [0.15, 0.2) is 0 Å². The molecule has 0 N–H and O–H groups in total. The Morgan fingerprint density at radius 2 is 1.13 bits per heavy atom. The molecule has 0 saturated carbocycles. The molecule has 0 amide bonds. The summed E-state index contributed by atoms with van der Waals surface area (Å²) in [5, 5.41) is 0. The minimum Gasteiger partial charge on any atom is -0.270 e. The Hall–Kier alpha value is -1.70. The molecule has 0 aliphatic rings. The molecule has 0 aliphatic carbocycles. The molecular formula is C13H18N2. The van der Waals surface area contributed by atoms with E-state index in [1.54, 1.807) is 12.4 Å². The summed E-state index contributed by atoms with van der Waals surface area (Å²) in [6.45, 7) is 4.42. The minimum absolute atomic E-state index is 0.473. The van der Waals surface area contributed by atoms with E-state index in [0.717, 1.165) is 0 Å². The molecule has 0 heterocycles. The van der Waals surface area contributed by atoms with E-state index in [1.807, 2.05) is 62.5 Å². The molecule has 80 valence electrons. The van der Waals surface area contributed by atoms with Crippen LogP contribution in [0.1, 0.15) is 13.8 Å². The Kier molecular flexibility index (Phi) is 10.9. The number of hydrogen-bond acceptors (Lipinski definition) is 2. The molecule has 0 unspecified atom stereocenters. The lowest BCUT2D eigenvalue weighted by atomic mass is 10.4. The standard InChI is InChI=1S/C13H18N2/c1-3-5-7-9-11-14-13-15-12-10-8-6-4-2/h3-12H,13H2,1-2H3/b5-3-,6-4-,9-7-,10-8-,14-11?,15-12?. The van der Waals surface area contributed by atoms with Crippen LogP contribution >= 0.6 is 0 Å². The van der Waals surface area contributed by atoms with Crippen molar-refractivity contribution in [2.45, 2.75) is 13.8 Å². The summed E-state index contributed by atoms with van der Waals surface area (Å²) in [7, 11) is 0. The van der Waals surface area contributed by atoms with Crippen LogP contribution in [0.3, 0.4) is 0 Å². The van der Waals surface area contributed by atoms with Gasteiger partial charge in [-0.3, -0.25) is 9.98 Å². The second-order valence-corrected chi connectivity index (χ2v) is 2.63. The van der Waals surface area contributed by atoms with Gasteiger partial charge in [0.2, 0.25) is 0 Å². The highest BCUT2D eigenvalue weighted by Gasteiger charge is 1.67. The van der Waals surface area contributed by atoms with E-state index in [4.69, 9.17) is 0 Å². The van der Waals surface area contributed by atoms with Crippen LogP contribution in [-0.2, 0) is 0 Å². The van der Waals surface area contributed by atoms with Crippen LogP contribution in [0.15, 0.2) is 58.6 Å². The molecule has 0 atom stereocenters. The minimum atomic E-state index is 0.473. The fourth-order valence-electron chi connectivity index (χ4n) is 0.713. The average molecular weight is 202 g/mol. The van der Waals surface area contributed by atoms with Crippen molar-refractivity contribution in [3.8, 4) is 0 Å². The summed E-state index contributed by atoms with van der Waals surface area (Å²) in [6, 6.07) is 0. The molecule has 15 heavy (non-hydrogen) atoms. The highest BCUT2D eigenvalue weighted by atomic mass is 14.9. The van der Waals surface area contributed by atoms with Crippen molar-refractivity contribution in [3.63, 3.8) is 0 Å². The molecule has 2 heteroatoms. The van der Waals surface area contributed by atoms with Gasteiger partial charge in [0.05, 0.1) is 0 Å². The van der Waals surface area contributed by atoms with Crippen molar-refractivity contribution in [2.75, 3.05) is 6.67 Å². The van der Waals surface area contributed by atoms with Crippen molar-refractivity contribution in [1.29, 1.82) is 0 Å². The normalized spacial score (nSPS) is 14.0. The molecule has 0 rings (SSSR count). The van der Waals surface area contributed by atoms with Gasteiger partial charge in [0.25, 0.3) is 0 Å². The van der Waals surface area contributed by atoms with Gasteiger partial charge in [-0.1, -0.05) is 36.5 Å². The quantitative estimate of drug-likeness (QED) is 0.466. The number of nitrogens with zero attached hydrogens (tertiary/aromatic N) is 2. The Labute approximate surface area is 92.2 Å². The number of rotatable bonds is 6. The van der Waals surface area contributed by atoms with Crippen LogP contribution < -0.4 is 0 Å². The summed E-state index contributed by atoms with van der Waals surface area (Å²) in [5.74, 6) is 0. The zero-order valence-electron chi connectivity index (χ0n) is 9.38. The van der Waals surface area contributed by atoms with Crippen LogP contribution in [-0.4, -0.2) is 19.1 Å². The fourth-order valence-corrected chi connectivity index (χ4v) is 0.713. The Morgan fingerprint density at radius 1 is 0.667 bits per heavy atom. The lowest BCUT2D eigenvalue weighted by molar-refractivity contribution is 1.09. The van der Waals surface area contributed by atoms with Gasteiger partial charge < -0.3 is 0 Å². The molecule has 0 saturated heterocycles. The molecule has 0 aromatic rings. The molecule has 0 bridgehead atoms. The van der Waals surface area contributed by atoms with E-state index in [0.29, 0.717) is 6.67 Å². The van der Waals surface area contributed by atoms with Crippen molar-refractivity contribution in [2.24, 2.45) is 9.98 Å². The van der Waals surface area contributed by atoms with Crippen LogP contribution in [0.5, 0.6) is 0 Å². The molecule has 2 nitrogen and oxygen atoms in total. The van der Waals surface area contributed by atoms with E-state index in [2.05, 4.69) is 9.98 Å². The fraction of sp³-hybridized carbons (Fsp3) is 0.231. The van der Waals surface area contributed by atoms with Crippen molar-refractivity contribution in [1.82, 2.24) is 0 Å². The highest BCUT2D eigenvalue weighted by molar-refractivity contribution is 5.73. The SMILES string of the molecule is C/C=C\C=C/C=NCN=C/C=C\C=C/C. The van der Waals surface area contributed by atoms with Gasteiger partial charge in [0.1, 0.15) is 6.67 Å². The second kappa shape index (κ2) is 12.3. The molecule has 0 radical (unpaired) electrons. The van der Waals surface area contributed by atoms with Crippen LogP contribution in [0.25, 0.3) is 0 Å². The summed E-state index contributed by atoms with van der Waals surface area (Å²) in [5.41, 5.74) is 0. The zero-order chi connectivity index (χ0) is 11.2. The third kappa shape index (κ3) is 12.3. The number of allylic oxidation sites excluding steroid dienone is 8. The lowest BCUT2D eigenvalue weighted by Crippen LogP contribution is -1.74. The first-order valence-corrected chi connectivity index (χ1v) is 4.97. The first-order chi connectivity index (χ1) is 7.41. The third-order valence-electron chi connectivity index (χ3n) is 1.38. The van der Waals surface area contributed by atoms with E-state index in [1.165, 1.54) is 0 Å². The van der Waals surface area contributed by atoms with E-state index < -0.39 is 0 Å². The summed E-state index contributed by atoms with van der Waals surface area (Å²) in [6.07, 6.45) is 18.9. The molecular weight excluding hydrogens is 184 g/mol. The van der Waals surface area contributed by atoms with Gasteiger partial charge in [-0.15, -0.1) is 0 Å². The number of aliphatic imine (C=N–C) groups is 2. The lowest BCUT2D eigenvalue weighted by Gasteiger charge is -1.80. The summed E-state index contributed by atoms with van der Waals surface area (Å²) < 4.78 is 0. The Balaban J connectivity index is 3.60. The smallest absolute Gasteiger partial charge is 0.129 e. The van der Waals surface area contributed by atoms with Gasteiger partial charge in [0, 0.05) is 12.4 Å². The van der Waals surface area contributed by atoms with Crippen molar-refractivity contribution < 1.29 is 0 Å². The summed E-state index contributed by atoms with van der Waals surface area (Å²) >= 11 is 0. The van der Waals surface area contributed by atoms with E-state index in [9.17, 15) is 0 Å². The maximum Gasteiger partial charge on any atom is 0.129 e. The zero-order valence-corrected chi connectivity index (χ0v) is 9.38. The predicted octanol–water partition coefficient (Wildman–Crippen LogP) is 3.35. The van der Waals surface area contributed by atoms with Crippen LogP contribution in [0.4, 0.5) is 0 Å². The van der Waals surface area contributed by atoms with Gasteiger partial charge in [-0.2, -0.15) is 0 Å². The van der Waals surface area contributed by atoms with Gasteiger partial charge in [-0.05, 0) is 26.0 Å². The van der Waals surface area contributed by atoms with E-state index >= 15 is 0 Å². The van der Waals surface area contributed by atoms with E-state index in [-0.39, 0.29) is 0 Å². The maximum absolute atomic E-state index is 4.07. The van der Waals surface area contributed by atoms with Crippen molar-refractivity contribution >= 4 is 12.4 Å². The third-order valence-corrected chi connectivity index (χ3v) is 1.38. The highest BCUT2D eigenvalue weighted by Crippen LogP contribution is 1.77. The van der Waals surface area contributed by atoms with Gasteiger partial charge >= 0.3 is 0 Å². The molecule has 0 fully saturated rings. The molecule has 0 aliphatic heterocycles. The average Bonchev–Trinajstić information content (AvgIpc) is 2.26. The number of hydrogen-bond donors (Lipinski definition) is 0. The molecule has 0 aromatic carbocycles. The largest absolute Gasteiger partial charge is 0.270 e.